The molecule has 1 saturated heterocycles. The minimum Gasteiger partial charge on any atom is -0.460 e. The first-order valence-corrected chi connectivity index (χ1v) is 5.06. The van der Waals surface area contributed by atoms with Crippen LogP contribution in [0.3, 0.4) is 0 Å². The molecule has 0 radical (unpaired) electrons. The molecule has 0 aromatic rings. The molecule has 72 valence electrons. The van der Waals surface area contributed by atoms with Crippen LogP contribution in [0.25, 0.3) is 0 Å². The number of hydrogen-bond acceptors (Lipinski definition) is 2. The fraction of sp³-hybridized carbons (Fsp3) is 0.778. The van der Waals surface area contributed by atoms with Gasteiger partial charge in [0.1, 0.15) is 17.1 Å². The van der Waals surface area contributed by atoms with E-state index in [1.807, 2.05) is 11.5 Å². The predicted molar refractivity (Wildman–Crippen MR) is 53.8 cm³/mol. The number of hydrogen-bond donors (Lipinski definition) is 1. The maximum absolute atomic E-state index is 9.49. The molecule has 1 spiro atoms. The van der Waals surface area contributed by atoms with E-state index in [1.54, 1.807) is 0 Å². The first-order valence-electron chi connectivity index (χ1n) is 4.59. The quantitative estimate of drug-likeness (QED) is 0.388. The van der Waals surface area contributed by atoms with Gasteiger partial charge in [0, 0.05) is 0 Å². The van der Waals surface area contributed by atoms with Crippen molar-refractivity contribution < 1.29 is 14.4 Å². The van der Waals surface area contributed by atoms with E-state index in [0.717, 1.165) is 25.9 Å². The van der Waals surface area contributed by atoms with E-state index < -0.39 is 0 Å². The summed E-state index contributed by atoms with van der Waals surface area (Å²) in [5.41, 5.74) is 0.0317. The van der Waals surface area contributed by atoms with Gasteiger partial charge in [-0.1, -0.05) is 12.2 Å². The number of thiocarbonyl (C=S) groups is 1. The normalized spacial score (nSPS) is 34.4. The molecule has 0 aromatic carbocycles. The molecule has 0 bridgehead atoms. The first kappa shape index (κ1) is 9.09. The molecular weight excluding hydrogens is 186 g/mol. The van der Waals surface area contributed by atoms with Gasteiger partial charge >= 0.3 is 5.90 Å². The number of aliphatic hydroxyl groups excluding tert-OH is 1. The van der Waals surface area contributed by atoms with Gasteiger partial charge in [-0.3, -0.25) is 0 Å². The van der Waals surface area contributed by atoms with Crippen molar-refractivity contribution >= 4 is 23.5 Å². The molecule has 2 aliphatic rings. The summed E-state index contributed by atoms with van der Waals surface area (Å²) in [6.45, 7) is 3.56. The van der Waals surface area contributed by atoms with E-state index in [1.165, 1.54) is 5.37 Å². The Bertz CT molecular complexity index is 271. The van der Waals surface area contributed by atoms with Gasteiger partial charge in [-0.05, 0) is 19.8 Å². The van der Waals surface area contributed by atoms with E-state index in [9.17, 15) is 5.11 Å². The minimum atomic E-state index is 0.0317. The Labute approximate surface area is 83.0 Å². The number of nitrogens with zero attached hydrogens (tertiary/aromatic N) is 1. The topological polar surface area (TPSA) is 32.5 Å². The zero-order chi connectivity index (χ0) is 9.47. The number of rotatable bonds is 1. The fourth-order valence-corrected chi connectivity index (χ4v) is 2.04. The maximum atomic E-state index is 9.49. The van der Waals surface area contributed by atoms with Crippen LogP contribution in [-0.4, -0.2) is 45.7 Å². The number of aliphatic hydroxyl groups is 1. The first-order chi connectivity index (χ1) is 6.15. The zero-order valence-electron chi connectivity index (χ0n) is 7.69. The van der Waals surface area contributed by atoms with Crippen LogP contribution in [0.5, 0.6) is 0 Å². The molecule has 1 heterocycles. The van der Waals surface area contributed by atoms with Crippen molar-refractivity contribution in [2.24, 2.45) is 0 Å². The van der Waals surface area contributed by atoms with Crippen molar-refractivity contribution in [1.82, 2.24) is 0 Å². The van der Waals surface area contributed by atoms with Gasteiger partial charge in [0.25, 0.3) is 0 Å². The lowest BCUT2D eigenvalue weighted by atomic mass is 10.2. The van der Waals surface area contributed by atoms with E-state index in [4.69, 9.17) is 17.0 Å². The van der Waals surface area contributed by atoms with Gasteiger partial charge in [-0.25, -0.2) is 0 Å². The Hall–Kier alpha value is -0.480. The highest BCUT2D eigenvalue weighted by atomic mass is 32.1. The zero-order valence-corrected chi connectivity index (χ0v) is 8.51. The monoisotopic (exact) mass is 200 g/mol. The predicted octanol–water partition coefficient (Wildman–Crippen LogP) is 0.906. The molecule has 1 atom stereocenters. The second-order valence-electron chi connectivity index (χ2n) is 3.97. The fourth-order valence-electron chi connectivity index (χ4n) is 1.89. The summed E-state index contributed by atoms with van der Waals surface area (Å²) < 4.78 is 7.71. The molecule has 0 unspecified atom stereocenters. The van der Waals surface area contributed by atoms with Gasteiger partial charge in [0.05, 0.1) is 0 Å². The molecule has 4 heteroatoms. The Morgan fingerprint density at radius 3 is 2.92 bits per heavy atom. The number of morpholine rings is 1. The molecule has 0 aromatic heterocycles. The largest absolute Gasteiger partial charge is 0.460 e. The summed E-state index contributed by atoms with van der Waals surface area (Å²) in [4.78, 5) is 0. The average Bonchev–Trinajstić information content (AvgIpc) is 2.82. The van der Waals surface area contributed by atoms with Gasteiger partial charge in [-0.15, -0.1) is 0 Å². The van der Waals surface area contributed by atoms with Gasteiger partial charge in [0.2, 0.25) is 0 Å². The van der Waals surface area contributed by atoms with Crippen LogP contribution >= 0.6 is 12.2 Å². The molecule has 2 rings (SSSR count). The third kappa shape index (κ3) is 1.74. The van der Waals surface area contributed by atoms with Crippen LogP contribution in [0, 0.1) is 0 Å². The van der Waals surface area contributed by atoms with Crippen LogP contribution in [0.4, 0.5) is 0 Å². The Balaban J connectivity index is 2.18. The van der Waals surface area contributed by atoms with Crippen LogP contribution < -0.4 is 0 Å². The van der Waals surface area contributed by atoms with Crippen LogP contribution in [0.1, 0.15) is 19.8 Å². The van der Waals surface area contributed by atoms with Crippen molar-refractivity contribution in [3.8, 4) is 0 Å². The Kier molecular flexibility index (Phi) is 2.12. The lowest BCUT2D eigenvalue weighted by Crippen LogP contribution is -2.45. The molecule has 0 amide bonds. The second kappa shape index (κ2) is 3.03. The third-order valence-electron chi connectivity index (χ3n) is 2.64. The summed E-state index contributed by atoms with van der Waals surface area (Å²) in [6.07, 6.45) is 2.41. The molecule has 1 aliphatic carbocycles. The average molecular weight is 200 g/mol. The van der Waals surface area contributed by atoms with E-state index in [2.05, 4.69) is 0 Å². The van der Waals surface area contributed by atoms with E-state index in [-0.39, 0.29) is 17.6 Å². The second-order valence-corrected chi connectivity index (χ2v) is 4.20. The van der Waals surface area contributed by atoms with Gasteiger partial charge < -0.3 is 9.84 Å². The molecule has 3 nitrogen and oxygen atoms in total. The van der Waals surface area contributed by atoms with Gasteiger partial charge in [-0.2, -0.15) is 4.58 Å². The highest BCUT2D eigenvalue weighted by molar-refractivity contribution is 7.80. The standard InChI is InChI=1S/C9H13NO2S/c1-7-4-10(8(11)5-13)6-9(12-7)2-3-9/h5,7H,2-4,6H2,1H3/p+1/t7-/m1/s1. The highest BCUT2D eigenvalue weighted by Crippen LogP contribution is 2.42. The Morgan fingerprint density at radius 2 is 2.38 bits per heavy atom. The summed E-state index contributed by atoms with van der Waals surface area (Å²) in [6, 6.07) is 0. The Morgan fingerprint density at radius 1 is 1.69 bits per heavy atom. The van der Waals surface area contributed by atoms with Crippen molar-refractivity contribution in [2.75, 3.05) is 13.1 Å². The van der Waals surface area contributed by atoms with Crippen molar-refractivity contribution in [3.63, 3.8) is 0 Å². The third-order valence-corrected chi connectivity index (χ3v) is 2.86. The van der Waals surface area contributed by atoms with Crippen LogP contribution in [0.2, 0.25) is 0 Å². The minimum absolute atomic E-state index is 0.0317. The summed E-state index contributed by atoms with van der Waals surface area (Å²) in [7, 11) is 0. The summed E-state index contributed by atoms with van der Waals surface area (Å²) in [5, 5.41) is 10.8. The SMILES string of the molecule is C[C@@H]1C[N+](=C(O)C=S)CC2(CC2)O1. The number of ether oxygens (including phenoxy) is 1. The molecule has 1 saturated carbocycles. The molecule has 1 aliphatic heterocycles. The van der Waals surface area contributed by atoms with Crippen LogP contribution in [-0.2, 0) is 4.74 Å². The molecular formula is C9H14NO2S+. The van der Waals surface area contributed by atoms with Gasteiger partial charge in [0.15, 0.2) is 13.1 Å². The van der Waals surface area contributed by atoms with E-state index in [0.29, 0.717) is 0 Å². The molecule has 1 N–H and O–H groups in total. The van der Waals surface area contributed by atoms with Crippen molar-refractivity contribution in [3.05, 3.63) is 0 Å². The van der Waals surface area contributed by atoms with Crippen LogP contribution in [0.15, 0.2) is 0 Å². The highest BCUT2D eigenvalue weighted by Gasteiger charge is 2.53. The van der Waals surface area contributed by atoms with Crippen molar-refractivity contribution in [2.45, 2.75) is 31.5 Å². The lowest BCUT2D eigenvalue weighted by Gasteiger charge is -2.25. The summed E-state index contributed by atoms with van der Waals surface area (Å²) in [5.74, 6) is 0.205. The lowest BCUT2D eigenvalue weighted by molar-refractivity contribution is -0.576. The molecule has 13 heavy (non-hydrogen) atoms. The summed E-state index contributed by atoms with van der Waals surface area (Å²) >= 11 is 4.70. The smallest absolute Gasteiger partial charge is 0.371 e. The van der Waals surface area contributed by atoms with Crippen molar-refractivity contribution in [1.29, 1.82) is 0 Å². The molecule has 2 fully saturated rings. The van der Waals surface area contributed by atoms with E-state index >= 15 is 0 Å². The maximum Gasteiger partial charge on any atom is 0.371 e.